The van der Waals surface area contributed by atoms with Gasteiger partial charge in [-0.2, -0.15) is 9.97 Å². The van der Waals surface area contributed by atoms with E-state index in [2.05, 4.69) is 15.1 Å². The standard InChI is InChI=1S/C31H33FN6O2/c32-20-14-31(10-3-11-38(31)15-20)18-40-30-35-28-25(29(36-30)37-16-21-6-7-22(17-37)33-21)8-9-27(34-28)26-13-23(39)12-19-4-1-2-5-24(19)26/h1-2,4-5,8-9,12-13,20-22,33,39H,3,6-7,10-11,14-18H2/t20-,21?,22?,31?/m1/s1. The molecule has 0 radical (unpaired) electrons. The Morgan fingerprint density at radius 3 is 2.73 bits per heavy atom. The van der Waals surface area contributed by atoms with Crippen molar-refractivity contribution in [3.63, 3.8) is 0 Å². The van der Waals surface area contributed by atoms with Crippen LogP contribution in [0.15, 0.2) is 48.5 Å². The highest BCUT2D eigenvalue weighted by atomic mass is 19.1. The Labute approximate surface area is 232 Å². The molecule has 3 unspecified atom stereocenters. The molecule has 206 valence electrons. The number of ether oxygens (including phenoxy) is 1. The van der Waals surface area contributed by atoms with Crippen LogP contribution in [0.25, 0.3) is 33.1 Å². The summed E-state index contributed by atoms with van der Waals surface area (Å²) in [7, 11) is 0. The topological polar surface area (TPSA) is 86.6 Å². The highest BCUT2D eigenvalue weighted by Crippen LogP contribution is 2.41. The van der Waals surface area contributed by atoms with Crippen molar-refractivity contribution in [3.05, 3.63) is 48.5 Å². The maximum atomic E-state index is 14.4. The third kappa shape index (κ3) is 4.06. The second-order valence-electron chi connectivity index (χ2n) is 12.0. The molecule has 0 spiro atoms. The number of nitrogens with one attached hydrogen (secondary N) is 1. The number of halogens is 1. The van der Waals surface area contributed by atoms with Crippen LogP contribution in [0.4, 0.5) is 10.2 Å². The van der Waals surface area contributed by atoms with Crippen LogP contribution in [-0.2, 0) is 0 Å². The first-order chi connectivity index (χ1) is 19.5. The molecule has 8 rings (SSSR count). The average molecular weight is 541 g/mol. The van der Waals surface area contributed by atoms with Crippen LogP contribution in [0.3, 0.4) is 0 Å². The summed E-state index contributed by atoms with van der Waals surface area (Å²) >= 11 is 0. The van der Waals surface area contributed by atoms with Crippen molar-refractivity contribution in [2.45, 2.75) is 55.9 Å². The monoisotopic (exact) mass is 540 g/mol. The molecule has 4 aliphatic heterocycles. The second kappa shape index (κ2) is 9.24. The van der Waals surface area contributed by atoms with E-state index in [1.165, 1.54) is 12.8 Å². The van der Waals surface area contributed by atoms with E-state index in [0.717, 1.165) is 65.7 Å². The normalized spacial score (nSPS) is 28.0. The Morgan fingerprint density at radius 1 is 1.00 bits per heavy atom. The number of nitrogens with zero attached hydrogens (tertiary/aromatic N) is 5. The number of anilines is 1. The van der Waals surface area contributed by atoms with E-state index in [4.69, 9.17) is 19.7 Å². The van der Waals surface area contributed by atoms with Crippen molar-refractivity contribution >= 4 is 27.6 Å². The van der Waals surface area contributed by atoms with E-state index in [0.29, 0.717) is 43.3 Å². The zero-order valence-corrected chi connectivity index (χ0v) is 22.4. The number of piperazine rings is 1. The van der Waals surface area contributed by atoms with E-state index >= 15 is 0 Å². The zero-order chi connectivity index (χ0) is 26.8. The maximum absolute atomic E-state index is 14.4. The van der Waals surface area contributed by atoms with Crippen molar-refractivity contribution in [1.82, 2.24) is 25.2 Å². The van der Waals surface area contributed by atoms with Gasteiger partial charge in [-0.15, -0.1) is 0 Å². The van der Waals surface area contributed by atoms with Gasteiger partial charge in [0, 0.05) is 43.7 Å². The van der Waals surface area contributed by atoms with Gasteiger partial charge < -0.3 is 20.1 Å². The first-order valence-electron chi connectivity index (χ1n) is 14.5. The minimum atomic E-state index is -0.811. The quantitative estimate of drug-likeness (QED) is 0.384. The number of phenolic OH excluding ortho intramolecular Hbond substituents is 1. The number of aromatic nitrogens is 3. The number of pyridine rings is 1. The number of hydrogen-bond acceptors (Lipinski definition) is 8. The number of fused-ring (bicyclic) bond motifs is 5. The number of phenols is 1. The Morgan fingerprint density at radius 2 is 1.85 bits per heavy atom. The van der Waals surface area contributed by atoms with Gasteiger partial charge in [0.25, 0.3) is 0 Å². The van der Waals surface area contributed by atoms with Crippen LogP contribution in [0, 0.1) is 0 Å². The first kappa shape index (κ1) is 24.3. The lowest BCUT2D eigenvalue weighted by atomic mass is 9.95. The van der Waals surface area contributed by atoms with Gasteiger partial charge in [0.1, 0.15) is 24.3 Å². The average Bonchev–Trinajstić information content (AvgIpc) is 3.60. The summed E-state index contributed by atoms with van der Waals surface area (Å²) in [5, 5.41) is 17.0. The lowest BCUT2D eigenvalue weighted by molar-refractivity contribution is 0.107. The zero-order valence-electron chi connectivity index (χ0n) is 22.4. The van der Waals surface area contributed by atoms with Crippen LogP contribution in [0.5, 0.6) is 11.8 Å². The third-order valence-corrected chi connectivity index (χ3v) is 9.39. The fourth-order valence-corrected chi connectivity index (χ4v) is 7.55. The van der Waals surface area contributed by atoms with Gasteiger partial charge in [-0.3, -0.25) is 4.90 Å². The summed E-state index contributed by atoms with van der Waals surface area (Å²) in [5.41, 5.74) is 1.86. The highest BCUT2D eigenvalue weighted by molar-refractivity contribution is 5.98. The molecule has 4 aliphatic rings. The van der Waals surface area contributed by atoms with Crippen molar-refractivity contribution in [2.75, 3.05) is 37.7 Å². The summed E-state index contributed by atoms with van der Waals surface area (Å²) in [6.45, 7) is 3.53. The van der Waals surface area contributed by atoms with E-state index in [1.54, 1.807) is 12.1 Å². The number of alkyl halides is 1. The second-order valence-corrected chi connectivity index (χ2v) is 12.0. The van der Waals surface area contributed by atoms with Gasteiger partial charge in [-0.1, -0.05) is 24.3 Å². The van der Waals surface area contributed by atoms with Crippen molar-refractivity contribution < 1.29 is 14.2 Å². The van der Waals surface area contributed by atoms with Gasteiger partial charge in [0.2, 0.25) is 0 Å². The lowest BCUT2D eigenvalue weighted by Gasteiger charge is -2.34. The molecule has 40 heavy (non-hydrogen) atoms. The van der Waals surface area contributed by atoms with E-state index in [1.807, 2.05) is 36.4 Å². The summed E-state index contributed by atoms with van der Waals surface area (Å²) < 4.78 is 20.7. The molecule has 9 heteroatoms. The molecule has 4 saturated heterocycles. The van der Waals surface area contributed by atoms with Gasteiger partial charge in [-0.25, -0.2) is 9.37 Å². The summed E-state index contributed by atoms with van der Waals surface area (Å²) in [6.07, 6.45) is 4.03. The molecule has 4 aromatic rings. The number of benzene rings is 2. The highest BCUT2D eigenvalue weighted by Gasteiger charge is 2.49. The van der Waals surface area contributed by atoms with Crippen molar-refractivity contribution in [1.29, 1.82) is 0 Å². The Balaban J connectivity index is 1.21. The Kier molecular flexibility index (Phi) is 5.60. The summed E-state index contributed by atoms with van der Waals surface area (Å²) in [5.74, 6) is 1.04. The van der Waals surface area contributed by atoms with Crippen LogP contribution in [0.2, 0.25) is 0 Å². The van der Waals surface area contributed by atoms with Gasteiger partial charge in [0.05, 0.1) is 16.6 Å². The van der Waals surface area contributed by atoms with Crippen molar-refractivity contribution in [2.24, 2.45) is 0 Å². The van der Waals surface area contributed by atoms with E-state index in [-0.39, 0.29) is 11.3 Å². The minimum Gasteiger partial charge on any atom is -0.508 e. The molecule has 6 heterocycles. The van der Waals surface area contributed by atoms with E-state index < -0.39 is 6.17 Å². The third-order valence-electron chi connectivity index (χ3n) is 9.39. The fraction of sp³-hybridized carbons (Fsp3) is 0.452. The Hall–Kier alpha value is -3.56. The molecule has 0 aliphatic carbocycles. The van der Waals surface area contributed by atoms with Crippen LogP contribution >= 0.6 is 0 Å². The molecule has 2 aromatic heterocycles. The molecule has 0 saturated carbocycles. The lowest BCUT2D eigenvalue weighted by Crippen LogP contribution is -2.51. The molecule has 4 atom stereocenters. The number of rotatable bonds is 5. The molecule has 2 bridgehead atoms. The molecule has 4 fully saturated rings. The molecular formula is C31H33FN6O2. The van der Waals surface area contributed by atoms with Crippen molar-refractivity contribution in [3.8, 4) is 23.0 Å². The number of aromatic hydroxyl groups is 1. The van der Waals surface area contributed by atoms with Crippen LogP contribution < -0.4 is 15.0 Å². The molecule has 2 N–H and O–H groups in total. The van der Waals surface area contributed by atoms with Gasteiger partial charge in [-0.05, 0) is 67.3 Å². The fourth-order valence-electron chi connectivity index (χ4n) is 7.55. The van der Waals surface area contributed by atoms with Crippen LogP contribution in [-0.4, -0.2) is 81.5 Å². The first-order valence-corrected chi connectivity index (χ1v) is 14.5. The van der Waals surface area contributed by atoms with E-state index in [9.17, 15) is 9.50 Å². The van der Waals surface area contributed by atoms with Gasteiger partial charge >= 0.3 is 6.01 Å². The Bertz CT molecular complexity index is 1600. The van der Waals surface area contributed by atoms with Gasteiger partial charge in [0.15, 0.2) is 5.65 Å². The minimum absolute atomic E-state index is 0.197. The smallest absolute Gasteiger partial charge is 0.320 e. The molecule has 0 amide bonds. The largest absolute Gasteiger partial charge is 0.508 e. The molecule has 8 nitrogen and oxygen atoms in total. The SMILES string of the molecule is Oc1cc(-c2ccc3c(N4CC5CCC(C4)N5)nc(OCC45CCCN4C[C@H](F)C5)nc3n2)c2ccccc2c1. The molecule has 2 aromatic carbocycles. The molecular weight excluding hydrogens is 507 g/mol. The maximum Gasteiger partial charge on any atom is 0.320 e. The number of hydrogen-bond donors (Lipinski definition) is 2. The predicted molar refractivity (Wildman–Crippen MR) is 153 cm³/mol. The summed E-state index contributed by atoms with van der Waals surface area (Å²) in [6, 6.07) is 16.7. The van der Waals surface area contributed by atoms with Crippen LogP contribution in [0.1, 0.15) is 32.1 Å². The predicted octanol–water partition coefficient (Wildman–Crippen LogP) is 4.45. The summed E-state index contributed by atoms with van der Waals surface area (Å²) in [4.78, 5) is 19.4.